The molecule has 11 heteroatoms. The lowest BCUT2D eigenvalue weighted by Gasteiger charge is -2.21. The van der Waals surface area contributed by atoms with Crippen molar-refractivity contribution in [3.05, 3.63) is 138 Å². The van der Waals surface area contributed by atoms with Crippen LogP contribution in [0, 0.1) is 5.92 Å². The molecule has 0 saturated heterocycles. The van der Waals surface area contributed by atoms with Crippen molar-refractivity contribution in [1.29, 1.82) is 0 Å². The predicted octanol–water partition coefficient (Wildman–Crippen LogP) is 5.25. The SMILES string of the molecule is C[C@@H](CN(C)C)C(=O)c1cccc(OCc2ccccc2)c1.O=C(O[C@@H](C(=O)O)[C@@H](OC(=O)c1ccccc1)C(=O)O)c1ccccc1. The van der Waals surface area contributed by atoms with Gasteiger partial charge in [-0.2, -0.15) is 0 Å². The van der Waals surface area contributed by atoms with Gasteiger partial charge in [0.05, 0.1) is 11.1 Å². The van der Waals surface area contributed by atoms with Gasteiger partial charge in [-0.3, -0.25) is 4.79 Å². The lowest BCUT2D eigenvalue weighted by Crippen LogP contribution is -2.45. The van der Waals surface area contributed by atoms with Gasteiger partial charge in [0.1, 0.15) is 12.4 Å². The number of carbonyl (C=O) groups is 5. The number of hydrogen-bond acceptors (Lipinski definition) is 9. The van der Waals surface area contributed by atoms with Gasteiger partial charge < -0.3 is 29.3 Å². The summed E-state index contributed by atoms with van der Waals surface area (Å²) in [6.07, 6.45) is -4.43. The largest absolute Gasteiger partial charge is 0.489 e. The zero-order valence-electron chi connectivity index (χ0n) is 26.7. The highest BCUT2D eigenvalue weighted by Crippen LogP contribution is 2.18. The van der Waals surface area contributed by atoms with Crippen molar-refractivity contribution < 1.29 is 48.4 Å². The summed E-state index contributed by atoms with van der Waals surface area (Å²) in [7, 11) is 3.95. The molecule has 0 fully saturated rings. The van der Waals surface area contributed by atoms with Gasteiger partial charge in [-0.15, -0.1) is 0 Å². The van der Waals surface area contributed by atoms with Crippen molar-refractivity contribution in [2.24, 2.45) is 5.92 Å². The molecule has 0 aromatic heterocycles. The highest BCUT2D eigenvalue weighted by molar-refractivity contribution is 5.98. The first kappa shape index (κ1) is 36.7. The van der Waals surface area contributed by atoms with Crippen molar-refractivity contribution in [1.82, 2.24) is 4.90 Å². The smallest absolute Gasteiger partial charge is 0.349 e. The molecule has 0 unspecified atom stereocenters. The second kappa shape index (κ2) is 18.4. The van der Waals surface area contributed by atoms with E-state index in [0.717, 1.165) is 17.9 Å². The Hall–Kier alpha value is -5.81. The quantitative estimate of drug-likeness (QED) is 0.135. The lowest BCUT2D eigenvalue weighted by molar-refractivity contribution is -0.166. The van der Waals surface area contributed by atoms with E-state index in [1.807, 2.05) is 80.5 Å². The molecule has 0 aliphatic heterocycles. The molecule has 4 rings (SSSR count). The van der Waals surface area contributed by atoms with Crippen LogP contribution < -0.4 is 4.74 Å². The van der Waals surface area contributed by atoms with Gasteiger partial charge in [0.15, 0.2) is 5.78 Å². The summed E-state index contributed by atoms with van der Waals surface area (Å²) in [5, 5.41) is 18.5. The van der Waals surface area contributed by atoms with Crippen LogP contribution in [0.15, 0.2) is 115 Å². The molecule has 0 radical (unpaired) electrons. The van der Waals surface area contributed by atoms with Gasteiger partial charge in [0.2, 0.25) is 12.2 Å². The van der Waals surface area contributed by atoms with Crippen LogP contribution in [0.2, 0.25) is 0 Å². The maximum atomic E-state index is 12.4. The number of carbonyl (C=O) groups excluding carboxylic acids is 3. The van der Waals surface area contributed by atoms with E-state index in [1.165, 1.54) is 48.5 Å². The molecule has 4 aromatic rings. The molecule has 2 N–H and O–H groups in total. The van der Waals surface area contributed by atoms with Crippen LogP contribution in [0.3, 0.4) is 0 Å². The molecular weight excluding hydrogens is 618 g/mol. The minimum absolute atomic E-state index is 0.0253. The summed E-state index contributed by atoms with van der Waals surface area (Å²) in [5.41, 5.74) is 1.87. The molecule has 0 spiro atoms. The molecule has 0 bridgehead atoms. The number of benzene rings is 4. The van der Waals surface area contributed by atoms with Gasteiger partial charge >= 0.3 is 23.9 Å². The van der Waals surface area contributed by atoms with Crippen molar-refractivity contribution in [3.8, 4) is 5.75 Å². The van der Waals surface area contributed by atoms with Crippen LogP contribution in [0.25, 0.3) is 0 Å². The van der Waals surface area contributed by atoms with Crippen LogP contribution in [-0.4, -0.2) is 77.6 Å². The average molecular weight is 656 g/mol. The number of ketones is 1. The molecule has 0 aliphatic carbocycles. The van der Waals surface area contributed by atoms with E-state index in [9.17, 15) is 34.2 Å². The Labute approximate surface area is 278 Å². The molecule has 0 aliphatic rings. The normalized spacial score (nSPS) is 12.3. The Morgan fingerprint density at radius 1 is 0.625 bits per heavy atom. The Morgan fingerprint density at radius 3 is 1.50 bits per heavy atom. The zero-order chi connectivity index (χ0) is 35.1. The Morgan fingerprint density at radius 2 is 1.06 bits per heavy atom. The molecule has 3 atom stereocenters. The molecule has 0 saturated carbocycles. The summed E-state index contributed by atoms with van der Waals surface area (Å²) < 4.78 is 15.3. The van der Waals surface area contributed by atoms with Gasteiger partial charge in [0.25, 0.3) is 0 Å². The van der Waals surface area contributed by atoms with E-state index in [-0.39, 0.29) is 22.8 Å². The first-order valence-corrected chi connectivity index (χ1v) is 14.9. The summed E-state index contributed by atoms with van der Waals surface area (Å²) in [4.78, 5) is 61.3. The lowest BCUT2D eigenvalue weighted by atomic mass is 9.99. The molecule has 0 heterocycles. The molecular formula is C37H37NO10. The van der Waals surface area contributed by atoms with Crippen molar-refractivity contribution in [2.75, 3.05) is 20.6 Å². The number of ether oxygens (including phenoxy) is 3. The molecule has 0 amide bonds. The van der Waals surface area contributed by atoms with Crippen molar-refractivity contribution in [2.45, 2.75) is 25.7 Å². The first-order valence-electron chi connectivity index (χ1n) is 14.9. The predicted molar refractivity (Wildman–Crippen MR) is 176 cm³/mol. The number of esters is 2. The number of Topliss-reactive ketones (excluding diaryl/α,β-unsaturated/α-hetero) is 1. The van der Waals surface area contributed by atoms with Crippen molar-refractivity contribution in [3.63, 3.8) is 0 Å². The number of hydrogen-bond donors (Lipinski definition) is 2. The summed E-state index contributed by atoms with van der Waals surface area (Å²) in [5.74, 6) is -4.78. The van der Waals surface area contributed by atoms with Gasteiger partial charge in [-0.1, -0.05) is 85.8 Å². The minimum atomic E-state index is -2.21. The van der Waals surface area contributed by atoms with E-state index in [4.69, 9.17) is 14.2 Å². The van der Waals surface area contributed by atoms with E-state index in [0.29, 0.717) is 12.2 Å². The zero-order valence-corrected chi connectivity index (χ0v) is 26.7. The highest BCUT2D eigenvalue weighted by atomic mass is 16.6. The molecule has 4 aromatic carbocycles. The van der Waals surface area contributed by atoms with Crippen LogP contribution in [0.5, 0.6) is 5.75 Å². The Balaban J connectivity index is 0.000000264. The van der Waals surface area contributed by atoms with E-state index in [1.54, 1.807) is 12.1 Å². The van der Waals surface area contributed by atoms with Gasteiger partial charge in [-0.05, 0) is 56.1 Å². The van der Waals surface area contributed by atoms with Crippen molar-refractivity contribution >= 4 is 29.7 Å². The Kier molecular flexibility index (Phi) is 14.0. The third kappa shape index (κ3) is 11.5. The maximum Gasteiger partial charge on any atom is 0.349 e. The highest BCUT2D eigenvalue weighted by Gasteiger charge is 2.41. The monoisotopic (exact) mass is 655 g/mol. The molecule has 250 valence electrons. The van der Waals surface area contributed by atoms with E-state index < -0.39 is 36.1 Å². The van der Waals surface area contributed by atoms with Crippen LogP contribution in [-0.2, 0) is 25.7 Å². The number of aliphatic carboxylic acids is 2. The summed E-state index contributed by atoms with van der Waals surface area (Å²) in [6.45, 7) is 3.21. The first-order chi connectivity index (χ1) is 23.0. The molecule has 48 heavy (non-hydrogen) atoms. The molecule has 11 nitrogen and oxygen atoms in total. The second-order valence-electron chi connectivity index (χ2n) is 10.9. The fourth-order valence-corrected chi connectivity index (χ4v) is 4.39. The van der Waals surface area contributed by atoms with Crippen LogP contribution >= 0.6 is 0 Å². The number of carboxylic acid groups (broad SMARTS) is 2. The summed E-state index contributed by atoms with van der Waals surface area (Å²) >= 11 is 0. The number of rotatable bonds is 14. The Bertz CT molecular complexity index is 1590. The third-order valence-corrected chi connectivity index (χ3v) is 6.70. The van der Waals surface area contributed by atoms with Crippen LogP contribution in [0.4, 0.5) is 0 Å². The maximum absolute atomic E-state index is 12.4. The number of carboxylic acids is 2. The van der Waals surface area contributed by atoms with Gasteiger partial charge in [-0.25, -0.2) is 19.2 Å². The fraction of sp³-hybridized carbons (Fsp3) is 0.216. The topological polar surface area (TPSA) is 157 Å². The van der Waals surface area contributed by atoms with E-state index in [2.05, 4.69) is 0 Å². The fourth-order valence-electron chi connectivity index (χ4n) is 4.39. The van der Waals surface area contributed by atoms with Crippen LogP contribution in [0.1, 0.15) is 43.6 Å². The second-order valence-corrected chi connectivity index (χ2v) is 10.9. The van der Waals surface area contributed by atoms with E-state index >= 15 is 0 Å². The number of nitrogens with zero attached hydrogens (tertiary/aromatic N) is 1. The van der Waals surface area contributed by atoms with Gasteiger partial charge in [0, 0.05) is 18.0 Å². The third-order valence-electron chi connectivity index (χ3n) is 6.70. The standard InChI is InChI=1S/C19H23NO2.C18H14O8/c1-15(13-20(2)3)19(21)17-10-7-11-18(12-17)22-14-16-8-5-4-6-9-16;19-15(20)13(25-17(23)11-7-3-1-4-8-11)14(16(21)22)26-18(24)12-9-5-2-6-10-12/h4-12,15H,13-14H2,1-3H3;1-10,13-14H,(H,19,20)(H,21,22)/t15-;13-,14-/m01/s1. The summed E-state index contributed by atoms with van der Waals surface area (Å²) in [6, 6.07) is 32.3. The average Bonchev–Trinajstić information content (AvgIpc) is 3.09. The minimum Gasteiger partial charge on any atom is -0.489 e.